The average Bonchev–Trinajstić information content (AvgIpc) is 3.07. The van der Waals surface area contributed by atoms with Gasteiger partial charge in [-0.15, -0.1) is 0 Å². The minimum absolute atomic E-state index is 0.243. The molecule has 0 amide bonds. The monoisotopic (exact) mass is 672 g/mol. The van der Waals surface area contributed by atoms with Crippen LogP contribution < -0.4 is 0 Å². The summed E-state index contributed by atoms with van der Waals surface area (Å²) in [6.07, 6.45) is 52.6. The molecule has 0 aromatic rings. The molecule has 2 atom stereocenters. The molecular formula is C45H85NO2. The van der Waals surface area contributed by atoms with Gasteiger partial charge in [0.25, 0.3) is 0 Å². The Morgan fingerprint density at radius 2 is 0.938 bits per heavy atom. The van der Waals surface area contributed by atoms with Crippen LogP contribution in [0.3, 0.4) is 0 Å². The first kappa shape index (κ1) is 46.8. The summed E-state index contributed by atoms with van der Waals surface area (Å²) in [6.45, 7) is 10.9. The van der Waals surface area contributed by atoms with Gasteiger partial charge < -0.3 is 14.4 Å². The summed E-state index contributed by atoms with van der Waals surface area (Å²) < 4.78 is 13.5. The highest BCUT2D eigenvalue weighted by Gasteiger charge is 2.33. The topological polar surface area (TPSA) is 21.7 Å². The van der Waals surface area contributed by atoms with E-state index in [0.29, 0.717) is 0 Å². The maximum absolute atomic E-state index is 6.80. The maximum atomic E-state index is 6.80. The van der Waals surface area contributed by atoms with Gasteiger partial charge >= 0.3 is 0 Å². The van der Waals surface area contributed by atoms with Crippen LogP contribution in [0, 0.1) is 0 Å². The Morgan fingerprint density at radius 1 is 0.500 bits per heavy atom. The molecule has 0 aromatic heterocycles. The second-order valence-corrected chi connectivity index (χ2v) is 14.6. The fourth-order valence-electron chi connectivity index (χ4n) is 6.21. The first-order valence-corrected chi connectivity index (χ1v) is 21.1. The summed E-state index contributed by atoms with van der Waals surface area (Å²) in [4.78, 5) is 2.27. The largest absolute Gasteiger partial charge is 0.350 e. The molecule has 0 N–H and O–H groups in total. The Hall–Kier alpha value is -1.16. The predicted octanol–water partition coefficient (Wildman–Crippen LogP) is 14.5. The van der Waals surface area contributed by atoms with Gasteiger partial charge in [0, 0.05) is 19.4 Å². The van der Waals surface area contributed by atoms with Crippen molar-refractivity contribution in [3.8, 4) is 0 Å². The van der Waals surface area contributed by atoms with Crippen LogP contribution in [0.15, 0.2) is 48.6 Å². The molecule has 0 fully saturated rings. The molecular weight excluding hydrogens is 587 g/mol. The van der Waals surface area contributed by atoms with E-state index >= 15 is 0 Å². The number of hydrogen-bond donors (Lipinski definition) is 0. The van der Waals surface area contributed by atoms with E-state index in [9.17, 15) is 0 Å². The Labute approximate surface area is 302 Å². The summed E-state index contributed by atoms with van der Waals surface area (Å²) in [6, 6.07) is 0. The molecule has 0 spiro atoms. The summed E-state index contributed by atoms with van der Waals surface area (Å²) in [7, 11) is 4.32. The van der Waals surface area contributed by atoms with Crippen LogP contribution in [0.5, 0.6) is 0 Å². The smallest absolute Gasteiger partial charge is 0.169 e. The van der Waals surface area contributed by atoms with Crippen molar-refractivity contribution in [2.75, 3.05) is 27.2 Å². The van der Waals surface area contributed by atoms with Crippen molar-refractivity contribution < 1.29 is 9.47 Å². The molecule has 0 aromatic carbocycles. The van der Waals surface area contributed by atoms with Crippen molar-refractivity contribution in [2.45, 2.75) is 213 Å². The Kier molecular flexibility index (Phi) is 36.2. The van der Waals surface area contributed by atoms with E-state index in [1.165, 1.54) is 128 Å². The molecule has 2 unspecified atom stereocenters. The van der Waals surface area contributed by atoms with E-state index in [0.717, 1.165) is 58.1 Å². The highest BCUT2D eigenvalue weighted by atomic mass is 16.7. The first-order valence-electron chi connectivity index (χ1n) is 21.1. The predicted molar refractivity (Wildman–Crippen MR) is 216 cm³/mol. The third-order valence-corrected chi connectivity index (χ3v) is 9.26. The van der Waals surface area contributed by atoms with Gasteiger partial charge in [-0.3, -0.25) is 0 Å². The van der Waals surface area contributed by atoms with Gasteiger partial charge in [0.1, 0.15) is 0 Å². The van der Waals surface area contributed by atoms with Crippen LogP contribution in [-0.2, 0) is 9.47 Å². The van der Waals surface area contributed by atoms with E-state index in [1.54, 1.807) is 0 Å². The molecule has 0 aliphatic carbocycles. The lowest BCUT2D eigenvalue weighted by atomic mass is 10.0. The molecule has 282 valence electrons. The Morgan fingerprint density at radius 3 is 1.40 bits per heavy atom. The zero-order chi connectivity index (χ0) is 35.2. The van der Waals surface area contributed by atoms with Crippen LogP contribution in [0.4, 0.5) is 0 Å². The molecule has 0 aliphatic rings. The highest BCUT2D eigenvalue weighted by Crippen LogP contribution is 2.29. The third-order valence-electron chi connectivity index (χ3n) is 9.26. The molecule has 0 heterocycles. The molecule has 0 bridgehead atoms. The normalized spacial score (nSPS) is 14.5. The van der Waals surface area contributed by atoms with Crippen molar-refractivity contribution in [3.63, 3.8) is 0 Å². The van der Waals surface area contributed by atoms with E-state index in [2.05, 4.69) is 95.3 Å². The van der Waals surface area contributed by atoms with Gasteiger partial charge in [0.15, 0.2) is 5.79 Å². The van der Waals surface area contributed by atoms with E-state index in [4.69, 9.17) is 9.47 Å². The number of unbranched alkanes of at least 4 members (excludes halogenated alkanes) is 17. The van der Waals surface area contributed by atoms with E-state index in [1.807, 2.05) is 0 Å². The minimum atomic E-state index is -0.438. The summed E-state index contributed by atoms with van der Waals surface area (Å²) in [5, 5.41) is 0. The summed E-state index contributed by atoms with van der Waals surface area (Å²) in [5.41, 5.74) is 0. The van der Waals surface area contributed by atoms with Crippen molar-refractivity contribution in [2.24, 2.45) is 0 Å². The molecule has 0 rings (SSSR count). The third kappa shape index (κ3) is 33.3. The fourth-order valence-corrected chi connectivity index (χ4v) is 6.21. The van der Waals surface area contributed by atoms with Gasteiger partial charge in [-0.25, -0.2) is 0 Å². The quantitative estimate of drug-likeness (QED) is 0.0373. The standard InChI is InChI=1S/C45H85NO2/c1-7-10-12-14-16-18-20-22-24-26-28-30-32-34-36-38-43-47-45(40-9-3,41-42-46(5)6)48-44(4)39-37-35-33-31-29-27-25-23-21-19-17-15-13-11-8-2/h16-19,22-25,44H,7-15,20-21,26-43H2,1-6H3/b18-16-,19-17-,24-22-,25-23-. The van der Waals surface area contributed by atoms with Crippen LogP contribution in [0.1, 0.15) is 201 Å². The van der Waals surface area contributed by atoms with Crippen LogP contribution in [0.2, 0.25) is 0 Å². The molecule has 0 radical (unpaired) electrons. The van der Waals surface area contributed by atoms with Crippen molar-refractivity contribution in [1.82, 2.24) is 4.90 Å². The molecule has 48 heavy (non-hydrogen) atoms. The second-order valence-electron chi connectivity index (χ2n) is 14.6. The number of hydrogen-bond acceptors (Lipinski definition) is 3. The molecule has 3 heteroatoms. The van der Waals surface area contributed by atoms with E-state index < -0.39 is 5.79 Å². The van der Waals surface area contributed by atoms with Crippen LogP contribution >= 0.6 is 0 Å². The van der Waals surface area contributed by atoms with Crippen molar-refractivity contribution in [3.05, 3.63) is 48.6 Å². The SMILES string of the molecule is CCCCC/C=C\C/C=C\CCCCCCCCOC(CCC)(CCN(C)C)OC(C)CCCCCCC/C=C\C/C=C\CCCCC. The molecule has 0 saturated heterocycles. The van der Waals surface area contributed by atoms with Crippen LogP contribution in [0.25, 0.3) is 0 Å². The van der Waals surface area contributed by atoms with Crippen LogP contribution in [-0.4, -0.2) is 44.0 Å². The summed E-state index contributed by atoms with van der Waals surface area (Å²) in [5.74, 6) is -0.438. The lowest BCUT2D eigenvalue weighted by molar-refractivity contribution is -0.266. The second kappa shape index (κ2) is 37.1. The molecule has 0 saturated carbocycles. The van der Waals surface area contributed by atoms with Gasteiger partial charge in [0.2, 0.25) is 0 Å². The van der Waals surface area contributed by atoms with E-state index in [-0.39, 0.29) is 6.10 Å². The Bertz CT molecular complexity index is 754. The fraction of sp³-hybridized carbons (Fsp3) is 0.822. The lowest BCUT2D eigenvalue weighted by Gasteiger charge is -2.37. The summed E-state index contributed by atoms with van der Waals surface area (Å²) >= 11 is 0. The highest BCUT2D eigenvalue weighted by molar-refractivity contribution is 4.93. The maximum Gasteiger partial charge on any atom is 0.169 e. The minimum Gasteiger partial charge on any atom is -0.350 e. The zero-order valence-electron chi connectivity index (χ0n) is 33.5. The average molecular weight is 672 g/mol. The lowest BCUT2D eigenvalue weighted by Crippen LogP contribution is -2.41. The molecule has 3 nitrogen and oxygen atoms in total. The first-order chi connectivity index (χ1) is 23.5. The number of nitrogens with zero attached hydrogens (tertiary/aromatic N) is 1. The van der Waals surface area contributed by atoms with Gasteiger partial charge in [0.05, 0.1) is 12.7 Å². The number of ether oxygens (including phenoxy) is 2. The molecule has 0 aliphatic heterocycles. The number of rotatable bonds is 37. The van der Waals surface area contributed by atoms with Gasteiger partial charge in [-0.05, 0) is 98.1 Å². The number of allylic oxidation sites excluding steroid dienone is 8. The Balaban J connectivity index is 4.18. The van der Waals surface area contributed by atoms with Crippen molar-refractivity contribution in [1.29, 1.82) is 0 Å². The van der Waals surface area contributed by atoms with Gasteiger partial charge in [-0.1, -0.05) is 153 Å². The zero-order valence-corrected chi connectivity index (χ0v) is 33.5. The van der Waals surface area contributed by atoms with Crippen molar-refractivity contribution >= 4 is 0 Å². The van der Waals surface area contributed by atoms with Gasteiger partial charge in [-0.2, -0.15) is 0 Å².